The summed E-state index contributed by atoms with van der Waals surface area (Å²) in [4.78, 5) is 13.8. The van der Waals surface area contributed by atoms with Crippen LogP contribution in [0.1, 0.15) is 17.3 Å². The van der Waals surface area contributed by atoms with Crippen molar-refractivity contribution in [2.75, 3.05) is 11.5 Å². The van der Waals surface area contributed by atoms with E-state index in [1.807, 2.05) is 0 Å². The van der Waals surface area contributed by atoms with E-state index in [4.69, 9.17) is 5.73 Å². The molecule has 0 aliphatic rings. The van der Waals surface area contributed by atoms with Crippen LogP contribution in [-0.2, 0) is 9.84 Å². The lowest BCUT2D eigenvalue weighted by atomic mass is 10.3. The first kappa shape index (κ1) is 9.79. The molecule has 1 heterocycles. The Morgan fingerprint density at radius 3 is 2.62 bits per heavy atom. The van der Waals surface area contributed by atoms with Crippen molar-refractivity contribution < 1.29 is 13.2 Å². The van der Waals surface area contributed by atoms with Crippen LogP contribution in [0, 0.1) is 0 Å². The molecule has 0 saturated carbocycles. The summed E-state index contributed by atoms with van der Waals surface area (Å²) in [5, 5.41) is -0.922. The number of nitrogen functional groups attached to an aromatic ring is 1. The highest BCUT2D eigenvalue weighted by atomic mass is 32.2. The molecule has 0 bridgehead atoms. The van der Waals surface area contributed by atoms with E-state index in [1.165, 1.54) is 19.2 Å². The Morgan fingerprint density at radius 2 is 2.23 bits per heavy atom. The number of anilines is 1. The van der Waals surface area contributed by atoms with Gasteiger partial charge in [-0.05, 0) is 6.07 Å². The number of rotatable bonds is 2. The molecule has 3 N–H and O–H groups in total. The molecule has 0 saturated heterocycles. The van der Waals surface area contributed by atoms with E-state index in [9.17, 15) is 13.2 Å². The molecule has 0 unspecified atom stereocenters. The number of H-pyrrole nitrogens is 1. The van der Waals surface area contributed by atoms with E-state index in [0.29, 0.717) is 0 Å². The second-order valence-corrected chi connectivity index (χ2v) is 4.67. The maximum absolute atomic E-state index is 11.3. The van der Waals surface area contributed by atoms with Gasteiger partial charge in [-0.1, -0.05) is 6.92 Å². The van der Waals surface area contributed by atoms with Gasteiger partial charge in [0.25, 0.3) is 5.12 Å². The van der Waals surface area contributed by atoms with Gasteiger partial charge in [0.2, 0.25) is 9.84 Å². The predicted octanol–water partition coefficient (Wildman–Crippen LogP) is 0.172. The Kier molecular flexibility index (Phi) is 2.42. The third kappa shape index (κ3) is 1.72. The molecule has 0 amide bonds. The van der Waals surface area contributed by atoms with E-state index < -0.39 is 15.0 Å². The number of aromatic amines is 1. The standard InChI is InChI=1S/C7H10N2O3S/c1-2-13(11,12)7(10)5-3-4-9-6(5)8/h3-4,9H,2,8H2,1H3. The fraction of sp³-hybridized carbons (Fsp3) is 0.286. The topological polar surface area (TPSA) is 93.0 Å². The summed E-state index contributed by atoms with van der Waals surface area (Å²) in [5.74, 6) is -0.127. The zero-order valence-electron chi connectivity index (χ0n) is 7.07. The number of carbonyl (C=O) groups is 1. The first-order valence-corrected chi connectivity index (χ1v) is 5.34. The van der Waals surface area contributed by atoms with Crippen LogP contribution >= 0.6 is 0 Å². The first-order valence-electron chi connectivity index (χ1n) is 3.69. The summed E-state index contributed by atoms with van der Waals surface area (Å²) < 4.78 is 22.3. The lowest BCUT2D eigenvalue weighted by molar-refractivity contribution is 0.107. The number of carbonyl (C=O) groups excluding carboxylic acids is 1. The Balaban J connectivity index is 3.14. The molecule has 0 atom stereocenters. The molecule has 1 rings (SSSR count). The van der Waals surface area contributed by atoms with Crippen LogP contribution in [0.25, 0.3) is 0 Å². The molecule has 0 fully saturated rings. The second kappa shape index (κ2) is 3.21. The number of hydrogen-bond donors (Lipinski definition) is 2. The van der Waals surface area contributed by atoms with Crippen LogP contribution in [0.4, 0.5) is 5.82 Å². The van der Waals surface area contributed by atoms with Crippen LogP contribution in [0.15, 0.2) is 12.3 Å². The molecule has 6 heteroatoms. The van der Waals surface area contributed by atoms with Gasteiger partial charge in [0.05, 0.1) is 11.3 Å². The first-order chi connectivity index (χ1) is 5.99. The van der Waals surface area contributed by atoms with Crippen LogP contribution < -0.4 is 5.73 Å². The predicted molar refractivity (Wildman–Crippen MR) is 49.0 cm³/mol. The highest BCUT2D eigenvalue weighted by molar-refractivity contribution is 8.06. The van der Waals surface area contributed by atoms with E-state index in [-0.39, 0.29) is 17.1 Å². The van der Waals surface area contributed by atoms with Crippen LogP contribution in [0.3, 0.4) is 0 Å². The van der Waals surface area contributed by atoms with Gasteiger partial charge in [-0.25, -0.2) is 8.42 Å². The van der Waals surface area contributed by atoms with Crippen LogP contribution in [-0.4, -0.2) is 24.3 Å². The van der Waals surface area contributed by atoms with Crippen molar-refractivity contribution in [2.45, 2.75) is 6.92 Å². The van der Waals surface area contributed by atoms with Gasteiger partial charge in [-0.15, -0.1) is 0 Å². The average Bonchev–Trinajstić information content (AvgIpc) is 2.50. The van der Waals surface area contributed by atoms with Crippen LogP contribution in [0.2, 0.25) is 0 Å². The van der Waals surface area contributed by atoms with Gasteiger partial charge in [-0.3, -0.25) is 4.79 Å². The Hall–Kier alpha value is -1.30. The zero-order valence-corrected chi connectivity index (χ0v) is 7.89. The highest BCUT2D eigenvalue weighted by Gasteiger charge is 2.23. The molecule has 5 nitrogen and oxygen atoms in total. The third-order valence-electron chi connectivity index (χ3n) is 1.66. The van der Waals surface area contributed by atoms with Crippen molar-refractivity contribution in [1.82, 2.24) is 4.98 Å². The second-order valence-electron chi connectivity index (χ2n) is 2.50. The van der Waals surface area contributed by atoms with Gasteiger partial charge in [0.1, 0.15) is 5.82 Å². The number of sulfone groups is 1. The van der Waals surface area contributed by atoms with Gasteiger partial charge < -0.3 is 10.7 Å². The molecule has 0 aromatic carbocycles. The summed E-state index contributed by atoms with van der Waals surface area (Å²) in [6, 6.07) is 1.35. The largest absolute Gasteiger partial charge is 0.385 e. The number of nitrogens with one attached hydrogen (secondary N) is 1. The Labute approximate surface area is 75.9 Å². The lowest BCUT2D eigenvalue weighted by Gasteiger charge is -1.98. The molecule has 72 valence electrons. The SMILES string of the molecule is CCS(=O)(=O)C(=O)c1cc[nH]c1N. The van der Waals surface area contributed by atoms with Crippen LogP contribution in [0.5, 0.6) is 0 Å². The van der Waals surface area contributed by atoms with Crippen molar-refractivity contribution in [3.63, 3.8) is 0 Å². The van der Waals surface area contributed by atoms with Gasteiger partial charge >= 0.3 is 0 Å². The summed E-state index contributed by atoms with van der Waals surface area (Å²) in [6.07, 6.45) is 1.42. The highest BCUT2D eigenvalue weighted by Crippen LogP contribution is 2.12. The Morgan fingerprint density at radius 1 is 1.62 bits per heavy atom. The maximum atomic E-state index is 11.3. The Bertz CT molecular complexity index is 419. The van der Waals surface area contributed by atoms with Gasteiger partial charge in [-0.2, -0.15) is 0 Å². The fourth-order valence-electron chi connectivity index (χ4n) is 0.859. The minimum absolute atomic E-state index is 0.0156. The monoisotopic (exact) mass is 202 g/mol. The number of nitrogens with two attached hydrogens (primary N) is 1. The molecule has 13 heavy (non-hydrogen) atoms. The molecule has 0 aliphatic carbocycles. The summed E-state index contributed by atoms with van der Waals surface area (Å²) in [7, 11) is -3.68. The van der Waals surface area contributed by atoms with Gasteiger partial charge in [0.15, 0.2) is 0 Å². The van der Waals surface area contributed by atoms with Crippen molar-refractivity contribution in [3.05, 3.63) is 17.8 Å². The maximum Gasteiger partial charge on any atom is 0.280 e. The van der Waals surface area contributed by atoms with Crippen molar-refractivity contribution in [1.29, 1.82) is 0 Å². The fourth-order valence-corrected chi connectivity index (χ4v) is 1.63. The average molecular weight is 202 g/mol. The molecule has 0 aliphatic heterocycles. The van der Waals surface area contributed by atoms with Crippen molar-refractivity contribution >= 4 is 20.8 Å². The quantitative estimate of drug-likeness (QED) is 0.715. The number of aromatic nitrogens is 1. The molecule has 0 spiro atoms. The smallest absolute Gasteiger partial charge is 0.280 e. The minimum Gasteiger partial charge on any atom is -0.385 e. The van der Waals surface area contributed by atoms with E-state index in [2.05, 4.69) is 4.98 Å². The van der Waals surface area contributed by atoms with Crippen molar-refractivity contribution in [3.8, 4) is 0 Å². The molecular formula is C7H10N2O3S. The van der Waals surface area contributed by atoms with E-state index in [0.717, 1.165) is 0 Å². The summed E-state index contributed by atoms with van der Waals surface area (Å²) in [5.41, 5.74) is 5.37. The lowest BCUT2D eigenvalue weighted by Crippen LogP contribution is -2.17. The molecule has 1 aromatic heterocycles. The molecule has 0 radical (unpaired) electrons. The minimum atomic E-state index is -3.68. The zero-order chi connectivity index (χ0) is 10.1. The normalized spacial score (nSPS) is 11.5. The summed E-state index contributed by atoms with van der Waals surface area (Å²) >= 11 is 0. The molecule has 1 aromatic rings. The third-order valence-corrected chi connectivity index (χ3v) is 3.21. The van der Waals surface area contributed by atoms with Crippen molar-refractivity contribution in [2.24, 2.45) is 0 Å². The molecular weight excluding hydrogens is 192 g/mol. The number of hydrogen-bond acceptors (Lipinski definition) is 4. The van der Waals surface area contributed by atoms with E-state index in [1.54, 1.807) is 0 Å². The summed E-state index contributed by atoms with van der Waals surface area (Å²) in [6.45, 7) is 1.41. The van der Waals surface area contributed by atoms with Gasteiger partial charge in [0, 0.05) is 6.20 Å². The van der Waals surface area contributed by atoms with E-state index >= 15 is 0 Å².